The standard InChI is InChI=1S/C22H25FN2O3/c1-24-11-15-12-25(22(26)20-18(23)5-4-6-19(20)28-3)13-17(15)21(24)14-7-9-16(27-2)10-8-14/h4-10,15,17,21H,11-13H2,1-3H3/t15-,17+,21-/m0/s1. The summed E-state index contributed by atoms with van der Waals surface area (Å²) in [4.78, 5) is 17.2. The number of rotatable bonds is 4. The SMILES string of the molecule is COc1ccc([C@H]2[C@@H]3CN(C(=O)c4c(F)cccc4OC)C[C@@H]3CN2C)cc1. The minimum Gasteiger partial charge on any atom is -0.497 e. The van der Waals surface area contributed by atoms with Crippen molar-refractivity contribution >= 4 is 5.91 Å². The first-order valence-corrected chi connectivity index (χ1v) is 9.49. The smallest absolute Gasteiger partial charge is 0.260 e. The van der Waals surface area contributed by atoms with Crippen LogP contribution in [-0.4, -0.2) is 56.6 Å². The van der Waals surface area contributed by atoms with Crippen molar-refractivity contribution in [1.82, 2.24) is 9.80 Å². The van der Waals surface area contributed by atoms with Crippen LogP contribution in [-0.2, 0) is 0 Å². The summed E-state index contributed by atoms with van der Waals surface area (Å²) < 4.78 is 24.8. The van der Waals surface area contributed by atoms with Crippen LogP contribution in [0.15, 0.2) is 42.5 Å². The number of nitrogens with zero attached hydrogens (tertiary/aromatic N) is 2. The van der Waals surface area contributed by atoms with E-state index in [1.165, 1.54) is 18.7 Å². The van der Waals surface area contributed by atoms with Gasteiger partial charge in [-0.1, -0.05) is 18.2 Å². The Balaban J connectivity index is 1.57. The lowest BCUT2D eigenvalue weighted by Gasteiger charge is -2.27. The Hall–Kier alpha value is -2.60. The van der Waals surface area contributed by atoms with Gasteiger partial charge in [0.25, 0.3) is 5.91 Å². The quantitative estimate of drug-likeness (QED) is 0.812. The number of methoxy groups -OCH3 is 2. The number of amides is 1. The molecular weight excluding hydrogens is 359 g/mol. The summed E-state index contributed by atoms with van der Waals surface area (Å²) in [6.45, 7) is 2.17. The Bertz CT molecular complexity index is 871. The number of carbonyl (C=O) groups is 1. The number of carbonyl (C=O) groups excluding carboxylic acids is 1. The molecule has 0 aromatic heterocycles. The van der Waals surface area contributed by atoms with Crippen LogP contribution in [0.4, 0.5) is 4.39 Å². The zero-order valence-electron chi connectivity index (χ0n) is 16.4. The second-order valence-electron chi connectivity index (χ2n) is 7.61. The maximum absolute atomic E-state index is 14.4. The fourth-order valence-electron chi connectivity index (χ4n) is 4.77. The number of likely N-dealkylation sites (tertiary alicyclic amines) is 2. The van der Waals surface area contributed by atoms with Gasteiger partial charge in [-0.2, -0.15) is 0 Å². The molecule has 0 unspecified atom stereocenters. The molecule has 2 heterocycles. The van der Waals surface area contributed by atoms with Gasteiger partial charge in [0.05, 0.1) is 14.2 Å². The Kier molecular flexibility index (Phi) is 4.98. The summed E-state index contributed by atoms with van der Waals surface area (Å²) in [5.41, 5.74) is 1.24. The first-order chi connectivity index (χ1) is 13.5. The third kappa shape index (κ3) is 3.11. The van der Waals surface area contributed by atoms with Gasteiger partial charge in [-0.25, -0.2) is 4.39 Å². The number of fused-ring (bicyclic) bond motifs is 1. The third-order valence-electron chi connectivity index (χ3n) is 6.05. The predicted octanol–water partition coefficient (Wildman–Crippen LogP) is 3.22. The highest BCUT2D eigenvalue weighted by Crippen LogP contribution is 2.44. The van der Waals surface area contributed by atoms with Crippen molar-refractivity contribution in [2.75, 3.05) is 40.9 Å². The molecule has 0 N–H and O–H groups in total. The molecule has 0 bridgehead atoms. The molecule has 0 aliphatic carbocycles. The van der Waals surface area contributed by atoms with Crippen molar-refractivity contribution in [3.05, 3.63) is 59.4 Å². The van der Waals surface area contributed by atoms with Crippen LogP contribution in [0.1, 0.15) is 22.0 Å². The van der Waals surface area contributed by atoms with Gasteiger partial charge in [0, 0.05) is 31.6 Å². The molecule has 5 nitrogen and oxygen atoms in total. The van der Waals surface area contributed by atoms with Gasteiger partial charge < -0.3 is 14.4 Å². The fourth-order valence-corrected chi connectivity index (χ4v) is 4.77. The third-order valence-corrected chi connectivity index (χ3v) is 6.05. The zero-order chi connectivity index (χ0) is 19.8. The molecule has 148 valence electrons. The average molecular weight is 384 g/mol. The summed E-state index contributed by atoms with van der Waals surface area (Å²) in [5, 5.41) is 0. The van der Waals surface area contributed by atoms with Gasteiger partial charge >= 0.3 is 0 Å². The molecule has 1 amide bonds. The van der Waals surface area contributed by atoms with Crippen LogP contribution in [0, 0.1) is 17.7 Å². The summed E-state index contributed by atoms with van der Waals surface area (Å²) in [7, 11) is 5.24. The molecule has 28 heavy (non-hydrogen) atoms. The van der Waals surface area contributed by atoms with E-state index in [0.717, 1.165) is 12.3 Å². The lowest BCUT2D eigenvalue weighted by atomic mass is 9.89. The van der Waals surface area contributed by atoms with E-state index in [1.807, 2.05) is 12.1 Å². The summed E-state index contributed by atoms with van der Waals surface area (Å²) in [6.07, 6.45) is 0. The fraction of sp³-hybridized carbons (Fsp3) is 0.409. The Morgan fingerprint density at radius 2 is 1.79 bits per heavy atom. The molecule has 2 aromatic rings. The van der Waals surface area contributed by atoms with Crippen molar-refractivity contribution in [2.45, 2.75) is 6.04 Å². The first kappa shape index (κ1) is 18.7. The number of hydrogen-bond acceptors (Lipinski definition) is 4. The summed E-state index contributed by atoms with van der Waals surface area (Å²) >= 11 is 0. The van der Waals surface area contributed by atoms with Gasteiger partial charge in [0.15, 0.2) is 0 Å². The maximum Gasteiger partial charge on any atom is 0.260 e. The molecule has 0 radical (unpaired) electrons. The highest BCUT2D eigenvalue weighted by molar-refractivity contribution is 5.97. The lowest BCUT2D eigenvalue weighted by Crippen LogP contribution is -2.34. The molecule has 2 saturated heterocycles. The second-order valence-corrected chi connectivity index (χ2v) is 7.61. The molecule has 4 rings (SSSR count). The highest BCUT2D eigenvalue weighted by Gasteiger charge is 2.47. The minimum atomic E-state index is -0.537. The van der Waals surface area contributed by atoms with E-state index in [-0.39, 0.29) is 23.3 Å². The van der Waals surface area contributed by atoms with E-state index in [1.54, 1.807) is 24.1 Å². The highest BCUT2D eigenvalue weighted by atomic mass is 19.1. The minimum absolute atomic E-state index is 0.0272. The van der Waals surface area contributed by atoms with Gasteiger partial charge in [0.2, 0.25) is 0 Å². The van der Waals surface area contributed by atoms with E-state index in [9.17, 15) is 9.18 Å². The van der Waals surface area contributed by atoms with E-state index in [0.29, 0.717) is 24.9 Å². The first-order valence-electron chi connectivity index (χ1n) is 9.49. The van der Waals surface area contributed by atoms with Crippen LogP contribution in [0.2, 0.25) is 0 Å². The predicted molar refractivity (Wildman–Crippen MR) is 104 cm³/mol. The molecular formula is C22H25FN2O3. The molecule has 0 spiro atoms. The summed E-state index contributed by atoms with van der Waals surface area (Å²) in [6, 6.07) is 12.8. The van der Waals surface area contributed by atoms with Crippen molar-refractivity contribution in [2.24, 2.45) is 11.8 Å². The second kappa shape index (κ2) is 7.43. The van der Waals surface area contributed by atoms with Crippen molar-refractivity contribution in [1.29, 1.82) is 0 Å². The zero-order valence-corrected chi connectivity index (χ0v) is 16.4. The van der Waals surface area contributed by atoms with E-state index < -0.39 is 5.82 Å². The molecule has 2 aliphatic heterocycles. The van der Waals surface area contributed by atoms with Crippen molar-refractivity contribution < 1.29 is 18.7 Å². The Morgan fingerprint density at radius 3 is 2.46 bits per heavy atom. The van der Waals surface area contributed by atoms with Crippen LogP contribution in [0.5, 0.6) is 11.5 Å². The van der Waals surface area contributed by atoms with Crippen LogP contribution in [0.3, 0.4) is 0 Å². The van der Waals surface area contributed by atoms with Gasteiger partial charge in [-0.05, 0) is 42.8 Å². The van der Waals surface area contributed by atoms with E-state index in [2.05, 4.69) is 24.1 Å². The molecule has 6 heteroatoms. The number of ether oxygens (including phenoxy) is 2. The normalized spacial score (nSPS) is 24.3. The van der Waals surface area contributed by atoms with Crippen LogP contribution >= 0.6 is 0 Å². The number of hydrogen-bond donors (Lipinski definition) is 0. The number of benzene rings is 2. The largest absolute Gasteiger partial charge is 0.497 e. The number of halogens is 1. The lowest BCUT2D eigenvalue weighted by molar-refractivity contribution is 0.0759. The topological polar surface area (TPSA) is 42.0 Å². The molecule has 3 atom stereocenters. The molecule has 2 fully saturated rings. The maximum atomic E-state index is 14.4. The Labute approximate surface area is 164 Å². The summed E-state index contributed by atoms with van der Waals surface area (Å²) in [5.74, 6) is 0.978. The van der Waals surface area contributed by atoms with Crippen LogP contribution < -0.4 is 9.47 Å². The van der Waals surface area contributed by atoms with Gasteiger partial charge in [0.1, 0.15) is 22.9 Å². The molecule has 2 aliphatic rings. The van der Waals surface area contributed by atoms with E-state index in [4.69, 9.17) is 9.47 Å². The Morgan fingerprint density at radius 1 is 1.04 bits per heavy atom. The van der Waals surface area contributed by atoms with Gasteiger partial charge in [-0.15, -0.1) is 0 Å². The average Bonchev–Trinajstić information content (AvgIpc) is 3.24. The molecule has 2 aromatic carbocycles. The van der Waals surface area contributed by atoms with E-state index >= 15 is 0 Å². The monoisotopic (exact) mass is 384 g/mol. The molecule has 0 saturated carbocycles. The van der Waals surface area contributed by atoms with Gasteiger partial charge in [-0.3, -0.25) is 9.69 Å². The van der Waals surface area contributed by atoms with Crippen LogP contribution in [0.25, 0.3) is 0 Å². The van der Waals surface area contributed by atoms with Crippen molar-refractivity contribution in [3.63, 3.8) is 0 Å². The van der Waals surface area contributed by atoms with Crippen molar-refractivity contribution in [3.8, 4) is 11.5 Å².